The van der Waals surface area contributed by atoms with E-state index in [2.05, 4.69) is 31.0 Å². The smallest absolute Gasteiger partial charge is 0.0244 e. The molecule has 2 aliphatic rings. The molecule has 1 aliphatic heterocycles. The molecule has 1 N–H and O–H groups in total. The minimum absolute atomic E-state index is 0.775. The number of nitrogens with zero attached hydrogens (tertiary/aromatic N) is 1. The van der Waals surface area contributed by atoms with Crippen LogP contribution in [0.15, 0.2) is 0 Å². The van der Waals surface area contributed by atoms with Gasteiger partial charge in [-0.1, -0.05) is 20.8 Å². The molecule has 2 nitrogen and oxygen atoms in total. The fraction of sp³-hybridized carbons (Fsp3) is 1.00. The predicted molar refractivity (Wildman–Crippen MR) is 60.3 cm³/mol. The van der Waals surface area contributed by atoms with Gasteiger partial charge in [0.25, 0.3) is 0 Å². The lowest BCUT2D eigenvalue weighted by Gasteiger charge is -2.38. The summed E-state index contributed by atoms with van der Waals surface area (Å²) in [4.78, 5) is 2.72. The molecular formula is C12H24N2. The largest absolute Gasteiger partial charge is 0.314 e. The van der Waals surface area contributed by atoms with Crippen LogP contribution in [0, 0.1) is 17.8 Å². The van der Waals surface area contributed by atoms with Crippen LogP contribution in [0.5, 0.6) is 0 Å². The van der Waals surface area contributed by atoms with E-state index in [0.29, 0.717) is 0 Å². The van der Waals surface area contributed by atoms with Crippen molar-refractivity contribution in [2.24, 2.45) is 17.8 Å². The summed E-state index contributed by atoms with van der Waals surface area (Å²) in [6.45, 7) is 12.1. The minimum Gasteiger partial charge on any atom is -0.314 e. The van der Waals surface area contributed by atoms with Gasteiger partial charge >= 0.3 is 0 Å². The van der Waals surface area contributed by atoms with E-state index in [1.165, 1.54) is 32.6 Å². The van der Waals surface area contributed by atoms with Gasteiger partial charge in [-0.25, -0.2) is 0 Å². The molecule has 2 fully saturated rings. The van der Waals surface area contributed by atoms with Gasteiger partial charge in [-0.3, -0.25) is 4.90 Å². The summed E-state index contributed by atoms with van der Waals surface area (Å²) < 4.78 is 0. The van der Waals surface area contributed by atoms with Crippen molar-refractivity contribution in [1.29, 1.82) is 0 Å². The van der Waals surface area contributed by atoms with Crippen molar-refractivity contribution in [2.75, 3.05) is 26.2 Å². The molecule has 0 radical (unpaired) electrons. The summed E-state index contributed by atoms with van der Waals surface area (Å²) in [5, 5.41) is 3.51. The van der Waals surface area contributed by atoms with Crippen molar-refractivity contribution >= 4 is 0 Å². The Labute approximate surface area is 88.1 Å². The minimum atomic E-state index is 0.775. The van der Waals surface area contributed by atoms with E-state index in [1.54, 1.807) is 0 Å². The summed E-state index contributed by atoms with van der Waals surface area (Å²) in [6, 6.07) is 0.775. The molecule has 1 saturated carbocycles. The van der Waals surface area contributed by atoms with Crippen LogP contribution in [0.4, 0.5) is 0 Å². The first-order chi connectivity index (χ1) is 6.68. The first-order valence-corrected chi connectivity index (χ1v) is 6.13. The Hall–Kier alpha value is -0.0800. The molecule has 82 valence electrons. The second kappa shape index (κ2) is 4.19. The lowest BCUT2D eigenvalue weighted by Crippen LogP contribution is -2.54. The lowest BCUT2D eigenvalue weighted by molar-refractivity contribution is 0.117. The van der Waals surface area contributed by atoms with E-state index in [4.69, 9.17) is 0 Å². The van der Waals surface area contributed by atoms with Crippen LogP contribution in [0.2, 0.25) is 0 Å². The van der Waals surface area contributed by atoms with E-state index in [9.17, 15) is 0 Å². The first-order valence-electron chi connectivity index (χ1n) is 6.13. The van der Waals surface area contributed by atoms with Crippen LogP contribution >= 0.6 is 0 Å². The predicted octanol–water partition coefficient (Wildman–Crippen LogP) is 1.57. The zero-order valence-electron chi connectivity index (χ0n) is 9.79. The highest BCUT2D eigenvalue weighted by Crippen LogP contribution is 2.38. The van der Waals surface area contributed by atoms with Crippen molar-refractivity contribution in [3.8, 4) is 0 Å². The van der Waals surface area contributed by atoms with Gasteiger partial charge in [-0.2, -0.15) is 0 Å². The highest BCUT2D eigenvalue weighted by molar-refractivity contribution is 4.90. The van der Waals surface area contributed by atoms with Crippen LogP contribution < -0.4 is 5.32 Å². The topological polar surface area (TPSA) is 15.3 Å². The summed E-state index contributed by atoms with van der Waals surface area (Å²) >= 11 is 0. The summed E-state index contributed by atoms with van der Waals surface area (Å²) in [5.74, 6) is 2.80. The zero-order chi connectivity index (χ0) is 10.1. The molecule has 0 aromatic heterocycles. The van der Waals surface area contributed by atoms with E-state index in [1.807, 2.05) is 0 Å². The van der Waals surface area contributed by atoms with Crippen LogP contribution in [-0.2, 0) is 0 Å². The third-order valence-corrected chi connectivity index (χ3v) is 3.91. The Morgan fingerprint density at radius 2 is 2.14 bits per heavy atom. The number of piperazine rings is 1. The van der Waals surface area contributed by atoms with Crippen molar-refractivity contribution in [3.63, 3.8) is 0 Å². The van der Waals surface area contributed by atoms with Crippen LogP contribution in [0.25, 0.3) is 0 Å². The third kappa shape index (κ3) is 2.29. The average Bonchev–Trinajstić information content (AvgIpc) is 2.82. The highest BCUT2D eigenvalue weighted by atomic mass is 15.2. The van der Waals surface area contributed by atoms with Gasteiger partial charge in [0.05, 0.1) is 0 Å². The SMILES string of the molecule is CC(C)C1CNCCN1CC1CC1C. The second-order valence-corrected chi connectivity index (χ2v) is 5.48. The third-order valence-electron chi connectivity index (χ3n) is 3.91. The average molecular weight is 196 g/mol. The van der Waals surface area contributed by atoms with Gasteiger partial charge in [0.1, 0.15) is 0 Å². The van der Waals surface area contributed by atoms with Crippen molar-refractivity contribution in [1.82, 2.24) is 10.2 Å². The molecule has 3 unspecified atom stereocenters. The molecule has 2 rings (SSSR count). The Bertz CT molecular complexity index is 191. The van der Waals surface area contributed by atoms with E-state index < -0.39 is 0 Å². The molecule has 0 spiro atoms. The number of rotatable bonds is 3. The molecule has 0 amide bonds. The summed E-state index contributed by atoms with van der Waals surface area (Å²) in [6.07, 6.45) is 1.47. The molecule has 1 saturated heterocycles. The Morgan fingerprint density at radius 1 is 1.43 bits per heavy atom. The Morgan fingerprint density at radius 3 is 2.71 bits per heavy atom. The molecule has 3 atom stereocenters. The molecule has 0 aromatic rings. The van der Waals surface area contributed by atoms with Gasteiger partial charge in [0, 0.05) is 32.2 Å². The highest BCUT2D eigenvalue weighted by Gasteiger charge is 2.36. The van der Waals surface area contributed by atoms with Crippen LogP contribution in [-0.4, -0.2) is 37.1 Å². The van der Waals surface area contributed by atoms with Crippen LogP contribution in [0.1, 0.15) is 27.2 Å². The summed E-state index contributed by atoms with van der Waals surface area (Å²) in [7, 11) is 0. The molecule has 1 aliphatic carbocycles. The Balaban J connectivity index is 1.86. The van der Waals surface area contributed by atoms with Crippen LogP contribution in [0.3, 0.4) is 0 Å². The van der Waals surface area contributed by atoms with Crippen molar-refractivity contribution in [3.05, 3.63) is 0 Å². The summed E-state index contributed by atoms with van der Waals surface area (Å²) in [5.41, 5.74) is 0. The van der Waals surface area contributed by atoms with Gasteiger partial charge in [0.2, 0.25) is 0 Å². The van der Waals surface area contributed by atoms with E-state index >= 15 is 0 Å². The van der Waals surface area contributed by atoms with Crippen molar-refractivity contribution in [2.45, 2.75) is 33.2 Å². The number of hydrogen-bond acceptors (Lipinski definition) is 2. The second-order valence-electron chi connectivity index (χ2n) is 5.48. The molecule has 0 bridgehead atoms. The number of hydrogen-bond donors (Lipinski definition) is 1. The monoisotopic (exact) mass is 196 g/mol. The molecule has 2 heteroatoms. The maximum absolute atomic E-state index is 3.51. The lowest BCUT2D eigenvalue weighted by atomic mass is 10.00. The van der Waals surface area contributed by atoms with E-state index in [-0.39, 0.29) is 0 Å². The standard InChI is InChI=1S/C12H24N2/c1-9(2)12-7-13-4-5-14(12)8-11-6-10(11)3/h9-13H,4-8H2,1-3H3. The quantitative estimate of drug-likeness (QED) is 0.737. The van der Waals surface area contributed by atoms with Gasteiger partial charge < -0.3 is 5.32 Å². The van der Waals surface area contributed by atoms with Gasteiger partial charge in [-0.15, -0.1) is 0 Å². The zero-order valence-corrected chi connectivity index (χ0v) is 9.79. The fourth-order valence-corrected chi connectivity index (χ4v) is 2.61. The molecule has 1 heterocycles. The van der Waals surface area contributed by atoms with Gasteiger partial charge in [-0.05, 0) is 24.2 Å². The van der Waals surface area contributed by atoms with Gasteiger partial charge in [0.15, 0.2) is 0 Å². The van der Waals surface area contributed by atoms with Crippen molar-refractivity contribution < 1.29 is 0 Å². The molecular weight excluding hydrogens is 172 g/mol. The maximum atomic E-state index is 3.51. The molecule has 0 aromatic carbocycles. The normalized spacial score (nSPS) is 39.0. The maximum Gasteiger partial charge on any atom is 0.0244 e. The first kappa shape index (κ1) is 10.4. The fourth-order valence-electron chi connectivity index (χ4n) is 2.61. The van der Waals surface area contributed by atoms with E-state index in [0.717, 1.165) is 23.8 Å². The number of nitrogens with one attached hydrogen (secondary N) is 1. The Kier molecular flexibility index (Phi) is 3.13. The molecule has 14 heavy (non-hydrogen) atoms.